The van der Waals surface area contributed by atoms with E-state index in [9.17, 15) is 4.79 Å². The molecule has 1 fully saturated rings. The summed E-state index contributed by atoms with van der Waals surface area (Å²) >= 11 is 7.52. The molecule has 1 spiro atoms. The largest absolute Gasteiger partial charge is 0.325 e. The number of anilines is 1. The SMILES string of the molecule is Cc1cccc(NC(=O)CSC2=NC3(CCN(C)CC3)N=C2c2ccc(Cl)cc2)c1. The Kier molecular flexibility index (Phi) is 6.27. The van der Waals surface area contributed by atoms with Gasteiger partial charge < -0.3 is 10.2 Å². The van der Waals surface area contributed by atoms with Crippen LogP contribution in [0.25, 0.3) is 0 Å². The number of nitrogens with one attached hydrogen (secondary N) is 1. The number of rotatable bonds is 4. The molecule has 2 aromatic rings. The van der Waals surface area contributed by atoms with E-state index >= 15 is 0 Å². The fourth-order valence-corrected chi connectivity index (χ4v) is 4.67. The molecular weight excluding hydrogens is 416 g/mol. The van der Waals surface area contributed by atoms with Crippen molar-refractivity contribution in [2.24, 2.45) is 9.98 Å². The van der Waals surface area contributed by atoms with Crippen molar-refractivity contribution >= 4 is 45.7 Å². The Morgan fingerprint density at radius 2 is 1.90 bits per heavy atom. The zero-order chi connectivity index (χ0) is 21.1. The van der Waals surface area contributed by atoms with Gasteiger partial charge in [-0.15, -0.1) is 0 Å². The van der Waals surface area contributed by atoms with Gasteiger partial charge in [0, 0.05) is 42.2 Å². The third-order valence-electron chi connectivity index (χ3n) is 5.38. The third-order valence-corrected chi connectivity index (χ3v) is 6.60. The van der Waals surface area contributed by atoms with E-state index in [2.05, 4.69) is 17.3 Å². The first kappa shape index (κ1) is 21.1. The lowest BCUT2D eigenvalue weighted by Crippen LogP contribution is -2.39. The van der Waals surface area contributed by atoms with Gasteiger partial charge in [0.1, 0.15) is 5.04 Å². The highest BCUT2D eigenvalue weighted by Crippen LogP contribution is 2.35. The number of likely N-dealkylation sites (tertiary alicyclic amines) is 1. The maximum atomic E-state index is 12.5. The van der Waals surface area contributed by atoms with Crippen LogP contribution in [0.1, 0.15) is 24.0 Å². The van der Waals surface area contributed by atoms with Crippen molar-refractivity contribution in [3.63, 3.8) is 0 Å². The van der Waals surface area contributed by atoms with E-state index in [0.29, 0.717) is 5.02 Å². The minimum absolute atomic E-state index is 0.0481. The Morgan fingerprint density at radius 3 is 2.60 bits per heavy atom. The Labute approximate surface area is 186 Å². The van der Waals surface area contributed by atoms with Gasteiger partial charge in [0.15, 0.2) is 5.66 Å². The normalized spacial score (nSPS) is 18.2. The number of carbonyl (C=O) groups excluding carboxylic acids is 1. The van der Waals surface area contributed by atoms with Gasteiger partial charge in [-0.3, -0.25) is 9.79 Å². The first-order chi connectivity index (χ1) is 14.4. The van der Waals surface area contributed by atoms with Crippen molar-refractivity contribution in [2.75, 3.05) is 31.2 Å². The van der Waals surface area contributed by atoms with Crippen LogP contribution in [0.3, 0.4) is 0 Å². The molecule has 2 heterocycles. The monoisotopic (exact) mass is 440 g/mol. The summed E-state index contributed by atoms with van der Waals surface area (Å²) in [7, 11) is 2.13. The highest BCUT2D eigenvalue weighted by molar-refractivity contribution is 8.16. The van der Waals surface area contributed by atoms with Crippen molar-refractivity contribution < 1.29 is 4.79 Å². The average molecular weight is 441 g/mol. The van der Waals surface area contributed by atoms with Gasteiger partial charge in [0.2, 0.25) is 5.91 Å². The third kappa shape index (κ3) is 4.94. The van der Waals surface area contributed by atoms with Crippen LogP contribution in [-0.2, 0) is 4.79 Å². The first-order valence-electron chi connectivity index (χ1n) is 10.1. The Bertz CT molecular complexity index is 995. The molecule has 2 aliphatic rings. The van der Waals surface area contributed by atoms with Crippen LogP contribution >= 0.6 is 23.4 Å². The average Bonchev–Trinajstić information content (AvgIpc) is 3.08. The van der Waals surface area contributed by atoms with Gasteiger partial charge in [-0.1, -0.05) is 47.6 Å². The smallest absolute Gasteiger partial charge is 0.234 e. The molecule has 4 rings (SSSR count). The maximum absolute atomic E-state index is 12.5. The van der Waals surface area contributed by atoms with Crippen LogP contribution in [0.15, 0.2) is 58.5 Å². The van der Waals surface area contributed by atoms with Crippen molar-refractivity contribution in [3.05, 3.63) is 64.7 Å². The van der Waals surface area contributed by atoms with E-state index in [1.807, 2.05) is 55.5 Å². The molecule has 0 atom stereocenters. The second-order valence-electron chi connectivity index (χ2n) is 7.88. The van der Waals surface area contributed by atoms with E-state index in [4.69, 9.17) is 21.6 Å². The molecule has 0 bridgehead atoms. The summed E-state index contributed by atoms with van der Waals surface area (Å²) in [4.78, 5) is 24.9. The number of aryl methyl sites for hydroxylation is 1. The van der Waals surface area contributed by atoms with Crippen LogP contribution in [-0.4, -0.2) is 53.1 Å². The number of carbonyl (C=O) groups is 1. The second kappa shape index (κ2) is 8.92. The van der Waals surface area contributed by atoms with E-state index in [1.54, 1.807) is 0 Å². The van der Waals surface area contributed by atoms with Gasteiger partial charge in [-0.2, -0.15) is 0 Å². The predicted octanol–water partition coefficient (Wildman–Crippen LogP) is 4.64. The number of piperidine rings is 1. The van der Waals surface area contributed by atoms with E-state index in [1.165, 1.54) is 11.8 Å². The fraction of sp³-hybridized carbons (Fsp3) is 0.348. The molecular formula is C23H25ClN4OS. The van der Waals surface area contributed by atoms with Crippen molar-refractivity contribution in [2.45, 2.75) is 25.4 Å². The van der Waals surface area contributed by atoms with Gasteiger partial charge in [-0.05, 0) is 43.8 Å². The summed E-state index contributed by atoms with van der Waals surface area (Å²) in [6.07, 6.45) is 1.78. The van der Waals surface area contributed by atoms with Crippen molar-refractivity contribution in [1.29, 1.82) is 0 Å². The zero-order valence-corrected chi connectivity index (χ0v) is 18.8. The maximum Gasteiger partial charge on any atom is 0.234 e. The number of hydrogen-bond acceptors (Lipinski definition) is 5. The van der Waals surface area contributed by atoms with Gasteiger partial charge in [0.05, 0.1) is 11.5 Å². The van der Waals surface area contributed by atoms with E-state index < -0.39 is 5.66 Å². The number of aliphatic imine (C=N–C) groups is 2. The Morgan fingerprint density at radius 1 is 1.17 bits per heavy atom. The zero-order valence-electron chi connectivity index (χ0n) is 17.2. The van der Waals surface area contributed by atoms with Gasteiger partial charge in [-0.25, -0.2) is 4.99 Å². The number of amides is 1. The van der Waals surface area contributed by atoms with Gasteiger partial charge in [0.25, 0.3) is 0 Å². The summed E-state index contributed by atoms with van der Waals surface area (Å²) < 4.78 is 0. The predicted molar refractivity (Wildman–Crippen MR) is 127 cm³/mol. The lowest BCUT2D eigenvalue weighted by atomic mass is 9.99. The van der Waals surface area contributed by atoms with Crippen LogP contribution in [0, 0.1) is 6.92 Å². The highest BCUT2D eigenvalue weighted by atomic mass is 35.5. The quantitative estimate of drug-likeness (QED) is 0.753. The molecule has 1 saturated heterocycles. The van der Waals surface area contributed by atoms with Crippen molar-refractivity contribution in [3.8, 4) is 0 Å². The first-order valence-corrected chi connectivity index (χ1v) is 11.4. The molecule has 5 nitrogen and oxygen atoms in total. The molecule has 0 saturated carbocycles. The molecule has 2 aromatic carbocycles. The molecule has 156 valence electrons. The minimum atomic E-state index is -0.406. The summed E-state index contributed by atoms with van der Waals surface area (Å²) in [5.41, 5.74) is 3.37. The standard InChI is InChI=1S/C23H25ClN4OS/c1-16-4-3-5-19(14-16)25-20(29)15-30-22-21(17-6-8-18(24)9-7-17)26-23(27-22)10-12-28(2)13-11-23/h3-9,14H,10-13,15H2,1-2H3,(H,25,29). The molecule has 1 N–H and O–H groups in total. The molecule has 0 aromatic heterocycles. The number of halogens is 1. The highest BCUT2D eigenvalue weighted by Gasteiger charge is 2.39. The lowest BCUT2D eigenvalue weighted by Gasteiger charge is -2.33. The number of thioether (sulfide) groups is 1. The second-order valence-corrected chi connectivity index (χ2v) is 9.28. The molecule has 0 aliphatic carbocycles. The van der Waals surface area contributed by atoms with Crippen LogP contribution in [0.2, 0.25) is 5.02 Å². The Balaban J connectivity index is 1.51. The molecule has 7 heteroatoms. The number of benzene rings is 2. The fourth-order valence-electron chi connectivity index (χ4n) is 3.67. The van der Waals surface area contributed by atoms with E-state index in [0.717, 1.165) is 53.5 Å². The summed E-state index contributed by atoms with van der Waals surface area (Å²) in [5, 5.41) is 4.49. The van der Waals surface area contributed by atoms with Crippen LogP contribution < -0.4 is 5.32 Å². The number of hydrogen-bond donors (Lipinski definition) is 1. The van der Waals surface area contributed by atoms with Gasteiger partial charge >= 0.3 is 0 Å². The summed E-state index contributed by atoms with van der Waals surface area (Å²) in [6, 6.07) is 15.5. The molecule has 0 radical (unpaired) electrons. The molecule has 1 amide bonds. The summed E-state index contributed by atoms with van der Waals surface area (Å²) in [5.74, 6) is 0.239. The van der Waals surface area contributed by atoms with E-state index in [-0.39, 0.29) is 11.7 Å². The summed E-state index contributed by atoms with van der Waals surface area (Å²) in [6.45, 7) is 3.94. The lowest BCUT2D eigenvalue weighted by molar-refractivity contribution is -0.113. The molecule has 2 aliphatic heterocycles. The molecule has 30 heavy (non-hydrogen) atoms. The minimum Gasteiger partial charge on any atom is -0.325 e. The van der Waals surface area contributed by atoms with Crippen LogP contribution in [0.4, 0.5) is 5.69 Å². The van der Waals surface area contributed by atoms with Crippen LogP contribution in [0.5, 0.6) is 0 Å². The Hall–Kier alpha value is -2.15. The van der Waals surface area contributed by atoms with Crippen molar-refractivity contribution in [1.82, 2.24) is 4.90 Å². The topological polar surface area (TPSA) is 57.1 Å². The number of nitrogens with zero attached hydrogens (tertiary/aromatic N) is 3. The molecule has 0 unspecified atom stereocenters.